The lowest BCUT2D eigenvalue weighted by Crippen LogP contribution is -2.17. The number of hydrogen-bond donors (Lipinski definition) is 1. The molecule has 1 aromatic heterocycles. The van der Waals surface area contributed by atoms with Gasteiger partial charge in [0.1, 0.15) is 11.6 Å². The van der Waals surface area contributed by atoms with E-state index >= 15 is 0 Å². The number of nitrogens with two attached hydrogens (primary N) is 1. The van der Waals surface area contributed by atoms with E-state index < -0.39 is 32.4 Å². The molecule has 0 aliphatic rings. The van der Waals surface area contributed by atoms with Gasteiger partial charge in [-0.3, -0.25) is 4.57 Å². The highest BCUT2D eigenvalue weighted by atomic mass is 79.9. The molecule has 6 nitrogen and oxygen atoms in total. The lowest BCUT2D eigenvalue weighted by molar-refractivity contribution is 0.575. The van der Waals surface area contributed by atoms with Crippen molar-refractivity contribution in [3.05, 3.63) is 28.2 Å². The Morgan fingerprint density at radius 3 is 2.21 bits per heavy atom. The van der Waals surface area contributed by atoms with Gasteiger partial charge in [-0.25, -0.2) is 22.3 Å². The third-order valence-electron chi connectivity index (χ3n) is 2.32. The van der Waals surface area contributed by atoms with Crippen LogP contribution >= 0.6 is 15.9 Å². The summed E-state index contributed by atoms with van der Waals surface area (Å²) in [7, 11) is -2.87. The van der Waals surface area contributed by atoms with Crippen LogP contribution in [0.5, 0.6) is 0 Å². The predicted molar refractivity (Wildman–Crippen MR) is 65.4 cm³/mol. The van der Waals surface area contributed by atoms with Crippen molar-refractivity contribution in [1.82, 2.24) is 14.8 Å². The van der Waals surface area contributed by atoms with E-state index in [1.807, 2.05) is 0 Å². The van der Waals surface area contributed by atoms with Crippen LogP contribution in [0, 0.1) is 11.6 Å². The maximum absolute atomic E-state index is 13.8. The fourth-order valence-corrected chi connectivity index (χ4v) is 2.56. The topological polar surface area (TPSA) is 90.9 Å². The number of hydrogen-bond acceptors (Lipinski definition) is 4. The minimum absolute atomic E-state index is 0.208. The zero-order valence-electron chi connectivity index (χ0n) is 9.43. The molecule has 2 N–H and O–H groups in total. The minimum Gasteiger partial charge on any atom is -0.300 e. The molecule has 0 amide bonds. The third kappa shape index (κ3) is 2.51. The lowest BCUT2D eigenvalue weighted by Gasteiger charge is -2.05. The van der Waals surface area contributed by atoms with Gasteiger partial charge in [0.2, 0.25) is 0 Å². The van der Waals surface area contributed by atoms with E-state index in [4.69, 9.17) is 5.14 Å². The van der Waals surface area contributed by atoms with E-state index in [0.717, 1.165) is 16.7 Å². The van der Waals surface area contributed by atoms with E-state index in [-0.39, 0.29) is 10.3 Å². The van der Waals surface area contributed by atoms with Crippen molar-refractivity contribution < 1.29 is 17.2 Å². The summed E-state index contributed by atoms with van der Waals surface area (Å²) in [5, 5.41) is 11.1. The second kappa shape index (κ2) is 4.62. The minimum atomic E-state index is -4.12. The van der Waals surface area contributed by atoms with Gasteiger partial charge >= 0.3 is 0 Å². The van der Waals surface area contributed by atoms with Crippen molar-refractivity contribution in [3.8, 4) is 11.4 Å². The van der Waals surface area contributed by atoms with Gasteiger partial charge in [-0.15, -0.1) is 10.2 Å². The first-order chi connectivity index (χ1) is 8.71. The SMILES string of the molecule is Cn1c(-c2c(F)cc(Br)cc2F)nnc1S(N)(=O)=O. The fourth-order valence-electron chi connectivity index (χ4n) is 1.54. The molecule has 0 radical (unpaired) electrons. The Labute approximate surface area is 115 Å². The van der Waals surface area contributed by atoms with Crippen LogP contribution in [0.25, 0.3) is 11.4 Å². The van der Waals surface area contributed by atoms with Crippen molar-refractivity contribution >= 4 is 26.0 Å². The Hall–Kier alpha value is -1.39. The number of nitrogens with zero attached hydrogens (tertiary/aromatic N) is 3. The Morgan fingerprint density at radius 2 is 1.79 bits per heavy atom. The molecule has 0 spiro atoms. The van der Waals surface area contributed by atoms with Crippen molar-refractivity contribution in [1.29, 1.82) is 0 Å². The molecule has 0 aliphatic carbocycles. The van der Waals surface area contributed by atoms with Gasteiger partial charge in [0.25, 0.3) is 15.2 Å². The zero-order valence-corrected chi connectivity index (χ0v) is 11.8. The van der Waals surface area contributed by atoms with E-state index in [1.165, 1.54) is 7.05 Å². The van der Waals surface area contributed by atoms with Gasteiger partial charge in [-0.1, -0.05) is 15.9 Å². The molecule has 0 atom stereocenters. The normalized spacial score (nSPS) is 11.8. The summed E-state index contributed by atoms with van der Waals surface area (Å²) >= 11 is 2.94. The molecule has 0 aliphatic heterocycles. The van der Waals surface area contributed by atoms with Crippen LogP contribution in [-0.2, 0) is 17.1 Å². The van der Waals surface area contributed by atoms with E-state index in [9.17, 15) is 17.2 Å². The highest BCUT2D eigenvalue weighted by Gasteiger charge is 2.23. The Kier molecular flexibility index (Phi) is 3.41. The van der Waals surface area contributed by atoms with Gasteiger partial charge in [-0.05, 0) is 12.1 Å². The van der Waals surface area contributed by atoms with Crippen LogP contribution in [0.1, 0.15) is 0 Å². The summed E-state index contributed by atoms with van der Waals surface area (Å²) in [5.74, 6) is -2.07. The number of primary sulfonamides is 1. The highest BCUT2D eigenvalue weighted by molar-refractivity contribution is 9.10. The quantitative estimate of drug-likeness (QED) is 0.878. The van der Waals surface area contributed by atoms with Gasteiger partial charge in [0.15, 0.2) is 5.82 Å². The highest BCUT2D eigenvalue weighted by Crippen LogP contribution is 2.28. The maximum atomic E-state index is 13.8. The van der Waals surface area contributed by atoms with Crippen molar-refractivity contribution in [2.45, 2.75) is 5.16 Å². The Bertz CT molecular complexity index is 737. The molecule has 0 bridgehead atoms. The number of sulfonamides is 1. The summed E-state index contributed by atoms with van der Waals surface area (Å²) in [4.78, 5) is 0. The van der Waals surface area contributed by atoms with Gasteiger partial charge in [0.05, 0.1) is 5.56 Å². The van der Waals surface area contributed by atoms with Crippen molar-refractivity contribution in [2.75, 3.05) is 0 Å². The van der Waals surface area contributed by atoms with Crippen LogP contribution in [-0.4, -0.2) is 23.2 Å². The molecular weight excluding hydrogens is 346 g/mol. The average molecular weight is 353 g/mol. The van der Waals surface area contributed by atoms with Crippen LogP contribution in [0.4, 0.5) is 8.78 Å². The Balaban J connectivity index is 2.72. The van der Waals surface area contributed by atoms with E-state index in [1.54, 1.807) is 0 Å². The second-order valence-corrected chi connectivity index (χ2v) is 6.03. The van der Waals surface area contributed by atoms with Crippen LogP contribution in [0.2, 0.25) is 0 Å². The van der Waals surface area contributed by atoms with Crippen LogP contribution in [0.15, 0.2) is 21.8 Å². The number of halogens is 3. The third-order valence-corrected chi connectivity index (χ3v) is 3.64. The fraction of sp³-hybridized carbons (Fsp3) is 0.111. The Morgan fingerprint density at radius 1 is 1.26 bits per heavy atom. The molecule has 0 saturated carbocycles. The predicted octanol–water partition coefficient (Wildman–Crippen LogP) is 1.17. The molecule has 10 heteroatoms. The molecular formula is C9H7BrF2N4O2S. The standard InChI is InChI=1S/C9H7BrF2N4O2S/c1-16-8(14-15-9(16)19(13,17)18)7-5(11)2-4(10)3-6(7)12/h2-3H,1H3,(H2,13,17,18). The molecule has 0 unspecified atom stereocenters. The molecule has 2 aromatic rings. The molecule has 0 fully saturated rings. The van der Waals surface area contributed by atoms with Gasteiger partial charge < -0.3 is 0 Å². The molecule has 1 heterocycles. The van der Waals surface area contributed by atoms with Crippen LogP contribution in [0.3, 0.4) is 0 Å². The zero-order chi connectivity index (χ0) is 14.4. The molecule has 1 aromatic carbocycles. The monoisotopic (exact) mass is 352 g/mol. The molecule has 2 rings (SSSR count). The summed E-state index contributed by atoms with van der Waals surface area (Å²) in [5.41, 5.74) is -0.479. The maximum Gasteiger partial charge on any atom is 0.273 e. The van der Waals surface area contributed by atoms with E-state index in [0.29, 0.717) is 0 Å². The van der Waals surface area contributed by atoms with Crippen molar-refractivity contribution in [2.24, 2.45) is 12.2 Å². The first-order valence-corrected chi connectivity index (χ1v) is 7.13. The lowest BCUT2D eigenvalue weighted by atomic mass is 10.2. The number of rotatable bonds is 2. The number of aromatic nitrogens is 3. The van der Waals surface area contributed by atoms with Gasteiger partial charge in [0, 0.05) is 11.5 Å². The average Bonchev–Trinajstić information content (AvgIpc) is 2.58. The molecule has 102 valence electrons. The molecule has 0 saturated heterocycles. The van der Waals surface area contributed by atoms with Crippen molar-refractivity contribution in [3.63, 3.8) is 0 Å². The molecule has 19 heavy (non-hydrogen) atoms. The first kappa shape index (κ1) is 14.0. The number of benzene rings is 1. The summed E-state index contributed by atoms with van der Waals surface area (Å²) < 4.78 is 51.0. The second-order valence-electron chi connectivity index (χ2n) is 3.65. The van der Waals surface area contributed by atoms with Crippen LogP contribution < -0.4 is 5.14 Å². The van der Waals surface area contributed by atoms with Gasteiger partial charge in [-0.2, -0.15) is 0 Å². The first-order valence-electron chi connectivity index (χ1n) is 4.79. The summed E-state index contributed by atoms with van der Waals surface area (Å²) in [6, 6.07) is 2.06. The summed E-state index contributed by atoms with van der Waals surface area (Å²) in [6.45, 7) is 0. The van der Waals surface area contributed by atoms with E-state index in [2.05, 4.69) is 26.1 Å². The summed E-state index contributed by atoms with van der Waals surface area (Å²) in [6.07, 6.45) is 0. The largest absolute Gasteiger partial charge is 0.300 e. The smallest absolute Gasteiger partial charge is 0.273 e.